The first kappa shape index (κ1) is 40.6. The monoisotopic (exact) mass is 797 g/mol. The predicted molar refractivity (Wildman–Crippen MR) is 210 cm³/mol. The number of piperidine rings is 1. The maximum atomic E-state index is 15.7. The van der Waals surface area contributed by atoms with Crippen LogP contribution in [0.3, 0.4) is 0 Å². The number of rotatable bonds is 12. The third-order valence-electron chi connectivity index (χ3n) is 13.3. The minimum absolute atomic E-state index is 0.0454. The van der Waals surface area contributed by atoms with Crippen molar-refractivity contribution < 1.29 is 36.3 Å². The fourth-order valence-electron chi connectivity index (χ4n) is 10.4. The number of methoxy groups -OCH3 is 1. The number of anilines is 1. The fourth-order valence-corrected chi connectivity index (χ4v) is 12.0. The fraction of sp³-hybridized carbons (Fsp3) is 0.619. The first-order chi connectivity index (χ1) is 26.8. The molecular weight excluding hydrogens is 741 g/mol. The molecule has 14 heteroatoms. The molecule has 0 radical (unpaired) electrons. The Kier molecular flexibility index (Phi) is 12.1. The Morgan fingerprint density at radius 2 is 1.79 bits per heavy atom. The van der Waals surface area contributed by atoms with Crippen LogP contribution in [0.2, 0.25) is 0 Å². The van der Waals surface area contributed by atoms with E-state index in [1.54, 1.807) is 12.1 Å². The van der Waals surface area contributed by atoms with Crippen LogP contribution in [0.1, 0.15) is 51.0 Å². The molecule has 7 rings (SSSR count). The van der Waals surface area contributed by atoms with Crippen LogP contribution in [0.5, 0.6) is 0 Å². The maximum absolute atomic E-state index is 15.7. The molecule has 11 nitrogen and oxygen atoms in total. The Morgan fingerprint density at radius 1 is 1.02 bits per heavy atom. The van der Waals surface area contributed by atoms with Crippen molar-refractivity contribution >= 4 is 27.5 Å². The molecule has 0 bridgehead atoms. The summed E-state index contributed by atoms with van der Waals surface area (Å²) in [5, 5.41) is 2.15. The van der Waals surface area contributed by atoms with Crippen molar-refractivity contribution in [1.29, 1.82) is 0 Å². The lowest BCUT2D eigenvalue weighted by molar-refractivity contribution is -0.126. The van der Waals surface area contributed by atoms with Gasteiger partial charge in [-0.1, -0.05) is 32.1 Å². The van der Waals surface area contributed by atoms with Crippen LogP contribution in [0.15, 0.2) is 60.0 Å². The number of carbonyl (C=O) groups is 2. The molecule has 5 fully saturated rings. The summed E-state index contributed by atoms with van der Waals surface area (Å²) in [6, 6.07) is 11.2. The Balaban J connectivity index is 1.02. The van der Waals surface area contributed by atoms with E-state index in [9.17, 15) is 18.0 Å². The number of hydrogen-bond donors (Lipinski definition) is 1. The number of amides is 2. The van der Waals surface area contributed by atoms with Crippen molar-refractivity contribution in [3.63, 3.8) is 0 Å². The number of halogens is 2. The minimum Gasteiger partial charge on any atom is -0.453 e. The first-order valence-corrected chi connectivity index (χ1v) is 21.7. The number of ether oxygens (including phenoxy) is 2. The molecule has 0 spiro atoms. The molecule has 56 heavy (non-hydrogen) atoms. The molecule has 4 heterocycles. The van der Waals surface area contributed by atoms with Gasteiger partial charge in [-0.25, -0.2) is 22.0 Å². The largest absolute Gasteiger partial charge is 0.453 e. The molecule has 2 aromatic carbocycles. The molecule has 1 saturated carbocycles. The van der Waals surface area contributed by atoms with Crippen LogP contribution >= 0.6 is 0 Å². The van der Waals surface area contributed by atoms with Gasteiger partial charge in [-0.05, 0) is 112 Å². The predicted octanol–water partition coefficient (Wildman–Crippen LogP) is 4.86. The standard InChI is InChI=1S/C42H57F2N5O6S/c1-4-39(50)48-20-21-55-25-34(24-48)56(52,53)33-12-13-38(36(44)23-33)49-27-41(2,28-49)26-47-18-14-30(15-19-47)42(29-46-16-7-17-46,31-8-5-9-32(43)22-31)35-10-6-11-37(35)45-40(51)54-3/h4-5,8-9,12-13,22-23,30,34-35,37H,1,6-7,10-11,14-21,24-29H2,2-3H3,(H,45,51)/t34-,35-,37-,42?/m0/s1. The van der Waals surface area contributed by atoms with E-state index in [4.69, 9.17) is 9.47 Å². The molecule has 5 aliphatic rings. The Hall–Kier alpha value is -3.59. The van der Waals surface area contributed by atoms with Gasteiger partial charge in [0.25, 0.3) is 0 Å². The van der Waals surface area contributed by atoms with E-state index in [1.165, 1.54) is 24.1 Å². The SMILES string of the molecule is C=CC(=O)N1CCOC[C@@H](S(=O)(=O)c2ccc(N3CC(C)(CN4CCC(C(CN5CCC5)(c5cccc(F)c5)[C@H]5CCC[C@@H]5NC(=O)OC)CC4)C3)c(F)c2)C1. The van der Waals surface area contributed by atoms with Crippen LogP contribution in [-0.4, -0.2) is 132 Å². The molecule has 0 aromatic heterocycles. The lowest BCUT2D eigenvalue weighted by atomic mass is 9.57. The summed E-state index contributed by atoms with van der Waals surface area (Å²) < 4.78 is 68.4. The van der Waals surface area contributed by atoms with Gasteiger partial charge < -0.3 is 34.4 Å². The van der Waals surface area contributed by atoms with Gasteiger partial charge in [0.15, 0.2) is 9.84 Å². The summed E-state index contributed by atoms with van der Waals surface area (Å²) >= 11 is 0. The number of carbonyl (C=O) groups excluding carboxylic acids is 2. The second-order valence-electron chi connectivity index (χ2n) is 17.0. The van der Waals surface area contributed by atoms with Crippen LogP contribution < -0.4 is 10.2 Å². The second-order valence-corrected chi connectivity index (χ2v) is 19.2. The van der Waals surface area contributed by atoms with E-state index >= 15 is 8.78 Å². The van der Waals surface area contributed by atoms with E-state index < -0.39 is 27.0 Å². The number of likely N-dealkylation sites (tertiary alicyclic amines) is 2. The normalized spacial score (nSPS) is 26.0. The topological polar surface area (TPSA) is 112 Å². The molecule has 2 amide bonds. The summed E-state index contributed by atoms with van der Waals surface area (Å²) in [5.41, 5.74) is 0.984. The Morgan fingerprint density at radius 3 is 2.45 bits per heavy atom. The Bertz CT molecular complexity index is 1860. The molecule has 2 aromatic rings. The zero-order valence-corrected chi connectivity index (χ0v) is 33.6. The number of benzene rings is 2. The lowest BCUT2D eigenvalue weighted by Crippen LogP contribution is -2.62. The highest BCUT2D eigenvalue weighted by atomic mass is 32.2. The Labute approximate surface area is 330 Å². The van der Waals surface area contributed by atoms with Crippen molar-refractivity contribution in [3.8, 4) is 0 Å². The lowest BCUT2D eigenvalue weighted by Gasteiger charge is -2.55. The van der Waals surface area contributed by atoms with E-state index in [0.29, 0.717) is 18.8 Å². The smallest absolute Gasteiger partial charge is 0.407 e. The summed E-state index contributed by atoms with van der Waals surface area (Å²) in [5.74, 6) is -0.762. The molecule has 4 aliphatic heterocycles. The summed E-state index contributed by atoms with van der Waals surface area (Å²) in [6.45, 7) is 12.9. The van der Waals surface area contributed by atoms with E-state index in [2.05, 4.69) is 34.7 Å². The number of hydrogen-bond acceptors (Lipinski definition) is 9. The second kappa shape index (κ2) is 16.7. The summed E-state index contributed by atoms with van der Waals surface area (Å²) in [4.78, 5) is 33.0. The molecule has 4 saturated heterocycles. The zero-order valence-electron chi connectivity index (χ0n) is 32.8. The summed E-state index contributed by atoms with van der Waals surface area (Å²) in [6.07, 6.45) is 6.61. The van der Waals surface area contributed by atoms with Gasteiger partial charge in [0.1, 0.15) is 16.9 Å². The van der Waals surface area contributed by atoms with Crippen molar-refractivity contribution in [2.75, 3.05) is 90.7 Å². The van der Waals surface area contributed by atoms with E-state index in [0.717, 1.165) is 95.5 Å². The molecule has 1 N–H and O–H groups in total. The minimum atomic E-state index is -3.98. The molecule has 1 aliphatic carbocycles. The molecule has 1 unspecified atom stereocenters. The van der Waals surface area contributed by atoms with Crippen molar-refractivity contribution in [2.45, 2.75) is 67.1 Å². The zero-order chi connectivity index (χ0) is 39.7. The molecular formula is C42H57F2N5O6S. The third kappa shape index (κ3) is 8.21. The highest BCUT2D eigenvalue weighted by Crippen LogP contribution is 2.52. The van der Waals surface area contributed by atoms with Crippen molar-refractivity contribution in [2.24, 2.45) is 17.3 Å². The van der Waals surface area contributed by atoms with E-state index in [-0.39, 0.29) is 71.6 Å². The highest BCUT2D eigenvalue weighted by Gasteiger charge is 2.53. The van der Waals surface area contributed by atoms with Gasteiger partial charge in [0.2, 0.25) is 5.91 Å². The van der Waals surface area contributed by atoms with Gasteiger partial charge in [0, 0.05) is 56.1 Å². The van der Waals surface area contributed by atoms with Crippen LogP contribution in [0.4, 0.5) is 19.3 Å². The number of sulfone groups is 1. The van der Waals surface area contributed by atoms with Crippen LogP contribution in [0.25, 0.3) is 0 Å². The molecule has 306 valence electrons. The van der Waals surface area contributed by atoms with Crippen molar-refractivity contribution in [3.05, 3.63) is 72.3 Å². The number of nitrogens with zero attached hydrogens (tertiary/aromatic N) is 4. The molecule has 4 atom stereocenters. The quantitative estimate of drug-likeness (QED) is 0.302. The van der Waals surface area contributed by atoms with Gasteiger partial charge in [0.05, 0.1) is 30.9 Å². The van der Waals surface area contributed by atoms with Crippen LogP contribution in [0, 0.1) is 28.9 Å². The third-order valence-corrected chi connectivity index (χ3v) is 15.3. The maximum Gasteiger partial charge on any atom is 0.407 e. The van der Waals surface area contributed by atoms with Gasteiger partial charge in [-0.15, -0.1) is 0 Å². The van der Waals surface area contributed by atoms with Crippen LogP contribution in [-0.2, 0) is 29.5 Å². The van der Waals surface area contributed by atoms with Gasteiger partial charge in [-0.3, -0.25) is 4.79 Å². The summed E-state index contributed by atoms with van der Waals surface area (Å²) in [7, 11) is -2.58. The van der Waals surface area contributed by atoms with Crippen molar-refractivity contribution in [1.82, 2.24) is 20.0 Å². The van der Waals surface area contributed by atoms with E-state index in [1.807, 2.05) is 11.0 Å². The number of nitrogens with one attached hydrogen (secondary N) is 1. The van der Waals surface area contributed by atoms with Gasteiger partial charge in [-0.2, -0.15) is 0 Å². The van der Waals surface area contributed by atoms with Gasteiger partial charge >= 0.3 is 6.09 Å². The average molecular weight is 798 g/mol. The average Bonchev–Trinajstić information content (AvgIpc) is 3.46. The number of alkyl carbamates (subject to hydrolysis) is 1. The highest BCUT2D eigenvalue weighted by molar-refractivity contribution is 7.92. The first-order valence-electron chi connectivity index (χ1n) is 20.2.